The average molecular weight is 149 g/mol. The van der Waals surface area contributed by atoms with E-state index >= 15 is 0 Å². The number of rotatable bonds is 2. The quantitative estimate of drug-likeness (QED) is 0.354. The fraction of sp³-hybridized carbons (Fsp3) is 0.125. The highest BCUT2D eigenvalue weighted by atomic mass is 16.2. The molecule has 3 heteroatoms. The van der Waals surface area contributed by atoms with Crippen LogP contribution in [0.3, 0.4) is 0 Å². The van der Waals surface area contributed by atoms with Gasteiger partial charge in [0.15, 0.2) is 6.29 Å². The molecule has 56 valence electrons. The molecule has 0 aliphatic carbocycles. The van der Waals surface area contributed by atoms with Crippen molar-refractivity contribution >= 4 is 12.1 Å². The van der Waals surface area contributed by atoms with Crippen molar-refractivity contribution in [1.29, 1.82) is 0 Å². The summed E-state index contributed by atoms with van der Waals surface area (Å²) in [6, 6.07) is 1.63. The lowest BCUT2D eigenvalue weighted by atomic mass is 10.2. The van der Waals surface area contributed by atoms with Crippen molar-refractivity contribution in [3.8, 4) is 0 Å². The van der Waals surface area contributed by atoms with Gasteiger partial charge < -0.3 is 0 Å². The van der Waals surface area contributed by atoms with Crippen LogP contribution in [0.5, 0.6) is 0 Å². The first-order chi connectivity index (χ1) is 5.24. The average Bonchev–Trinajstić information content (AvgIpc) is 2.03. The Bertz CT molecular complexity index is 294. The molecular weight excluding hydrogens is 142 g/mol. The third kappa shape index (κ3) is 1.70. The van der Waals surface area contributed by atoms with Gasteiger partial charge in [-0.15, -0.1) is 0 Å². The molecule has 1 aromatic rings. The summed E-state index contributed by atoms with van der Waals surface area (Å²) in [7, 11) is 0. The molecule has 0 spiro atoms. The van der Waals surface area contributed by atoms with Crippen LogP contribution in [0.1, 0.15) is 15.9 Å². The summed E-state index contributed by atoms with van der Waals surface area (Å²) in [5.41, 5.74) is 1.22. The van der Waals surface area contributed by atoms with Gasteiger partial charge in [0.25, 0.3) is 0 Å². The lowest BCUT2D eigenvalue weighted by Crippen LogP contribution is -2.00. The molecule has 0 radical (unpaired) electrons. The Labute approximate surface area is 64.1 Å². The molecule has 1 heterocycles. The van der Waals surface area contributed by atoms with Crippen molar-refractivity contribution in [2.45, 2.75) is 6.92 Å². The van der Waals surface area contributed by atoms with Gasteiger partial charge in [-0.2, -0.15) is 0 Å². The first-order valence-electron chi connectivity index (χ1n) is 3.15. The van der Waals surface area contributed by atoms with Crippen LogP contribution in [0.2, 0.25) is 0 Å². The summed E-state index contributed by atoms with van der Waals surface area (Å²) in [6.45, 7) is 1.81. The molecule has 0 aliphatic rings. The molecule has 0 aromatic carbocycles. The third-order valence-corrected chi connectivity index (χ3v) is 1.27. The predicted octanol–water partition coefficient (Wildman–Crippen LogP) is 0.772. The number of aldehydes is 1. The van der Waals surface area contributed by atoms with Gasteiger partial charge in [0.1, 0.15) is 0 Å². The van der Waals surface area contributed by atoms with Gasteiger partial charge in [0.2, 0.25) is 5.78 Å². The minimum absolute atomic E-state index is 0.288. The van der Waals surface area contributed by atoms with Crippen LogP contribution in [-0.4, -0.2) is 17.1 Å². The molecule has 0 saturated heterocycles. The van der Waals surface area contributed by atoms with E-state index in [4.69, 9.17) is 0 Å². The van der Waals surface area contributed by atoms with Crippen molar-refractivity contribution in [2.24, 2.45) is 0 Å². The molecule has 0 amide bonds. The van der Waals surface area contributed by atoms with Crippen LogP contribution in [0.4, 0.5) is 0 Å². The van der Waals surface area contributed by atoms with Gasteiger partial charge in [-0.1, -0.05) is 0 Å². The molecule has 0 unspecified atom stereocenters. The van der Waals surface area contributed by atoms with Gasteiger partial charge in [-0.05, 0) is 18.6 Å². The van der Waals surface area contributed by atoms with Crippen LogP contribution >= 0.6 is 0 Å². The van der Waals surface area contributed by atoms with E-state index < -0.39 is 5.78 Å². The Kier molecular flexibility index (Phi) is 2.11. The molecule has 0 saturated carbocycles. The largest absolute Gasteiger partial charge is 0.294 e. The molecular formula is C8H7NO2. The molecule has 0 bridgehead atoms. The number of aromatic nitrogens is 1. The Morgan fingerprint density at radius 3 is 2.82 bits per heavy atom. The number of pyridine rings is 1. The maximum Gasteiger partial charge on any atom is 0.226 e. The first-order valence-corrected chi connectivity index (χ1v) is 3.15. The van der Waals surface area contributed by atoms with Crippen molar-refractivity contribution in [1.82, 2.24) is 4.98 Å². The second-order valence-corrected chi connectivity index (χ2v) is 2.23. The molecule has 3 nitrogen and oxygen atoms in total. The summed E-state index contributed by atoms with van der Waals surface area (Å²) in [6.07, 6.45) is 3.29. The molecule has 0 aliphatic heterocycles. The predicted molar refractivity (Wildman–Crippen MR) is 39.4 cm³/mol. The molecule has 0 N–H and O–H groups in total. The normalized spacial score (nSPS) is 9.18. The van der Waals surface area contributed by atoms with Crippen molar-refractivity contribution < 1.29 is 9.59 Å². The van der Waals surface area contributed by atoms with Crippen LogP contribution in [0, 0.1) is 6.92 Å². The summed E-state index contributed by atoms with van der Waals surface area (Å²) in [5, 5.41) is 0. The number of aryl methyl sites for hydroxylation is 1. The molecule has 0 atom stereocenters. The van der Waals surface area contributed by atoms with E-state index in [1.165, 1.54) is 6.20 Å². The topological polar surface area (TPSA) is 47.0 Å². The summed E-state index contributed by atoms with van der Waals surface area (Å²) in [4.78, 5) is 24.6. The summed E-state index contributed by atoms with van der Waals surface area (Å²) < 4.78 is 0. The van der Waals surface area contributed by atoms with Gasteiger partial charge in [-0.3, -0.25) is 14.6 Å². The smallest absolute Gasteiger partial charge is 0.226 e. The van der Waals surface area contributed by atoms with Crippen molar-refractivity contribution in [3.05, 3.63) is 29.6 Å². The number of Topliss-reactive ketones (excluding diaryl/α,β-unsaturated/α-hetero) is 1. The minimum Gasteiger partial charge on any atom is -0.294 e. The van der Waals surface area contributed by atoms with Crippen LogP contribution in [-0.2, 0) is 4.79 Å². The SMILES string of the molecule is Cc1cncc(C(=O)C=O)c1. The van der Waals surface area contributed by atoms with Gasteiger partial charge in [0, 0.05) is 18.0 Å². The van der Waals surface area contributed by atoms with E-state index in [9.17, 15) is 9.59 Å². The number of hydrogen-bond acceptors (Lipinski definition) is 3. The molecule has 1 aromatic heterocycles. The molecule has 1 rings (SSSR count). The Morgan fingerprint density at radius 2 is 2.27 bits per heavy atom. The second kappa shape index (κ2) is 3.05. The molecule has 11 heavy (non-hydrogen) atoms. The standard InChI is InChI=1S/C8H7NO2/c1-6-2-7(4-9-3-6)8(11)5-10/h2-5H,1H3. The van der Waals surface area contributed by atoms with Crippen LogP contribution in [0.15, 0.2) is 18.5 Å². The van der Waals surface area contributed by atoms with E-state index in [0.29, 0.717) is 5.56 Å². The highest BCUT2D eigenvalue weighted by molar-refractivity contribution is 6.33. The zero-order chi connectivity index (χ0) is 8.27. The number of nitrogens with zero attached hydrogens (tertiary/aromatic N) is 1. The lowest BCUT2D eigenvalue weighted by Gasteiger charge is -1.93. The van der Waals surface area contributed by atoms with Gasteiger partial charge >= 0.3 is 0 Å². The highest BCUT2D eigenvalue weighted by Gasteiger charge is 2.02. The Hall–Kier alpha value is -1.51. The zero-order valence-electron chi connectivity index (χ0n) is 6.07. The number of ketones is 1. The van der Waals surface area contributed by atoms with Gasteiger partial charge in [-0.25, -0.2) is 0 Å². The summed E-state index contributed by atoms with van der Waals surface area (Å²) >= 11 is 0. The van der Waals surface area contributed by atoms with Crippen molar-refractivity contribution in [3.63, 3.8) is 0 Å². The maximum atomic E-state index is 10.8. The highest BCUT2D eigenvalue weighted by Crippen LogP contribution is 2.00. The fourth-order valence-corrected chi connectivity index (χ4v) is 0.758. The Morgan fingerprint density at radius 1 is 1.55 bits per heavy atom. The maximum absolute atomic E-state index is 10.8. The van der Waals surface area contributed by atoms with E-state index in [1.807, 2.05) is 6.92 Å². The van der Waals surface area contributed by atoms with E-state index in [-0.39, 0.29) is 6.29 Å². The van der Waals surface area contributed by atoms with Crippen molar-refractivity contribution in [2.75, 3.05) is 0 Å². The monoisotopic (exact) mass is 149 g/mol. The fourth-order valence-electron chi connectivity index (χ4n) is 0.758. The first kappa shape index (κ1) is 7.60. The number of carbonyl (C=O) groups is 2. The number of hydrogen-bond donors (Lipinski definition) is 0. The van der Waals surface area contributed by atoms with E-state index in [2.05, 4.69) is 4.98 Å². The van der Waals surface area contributed by atoms with E-state index in [0.717, 1.165) is 5.56 Å². The van der Waals surface area contributed by atoms with E-state index in [1.54, 1.807) is 12.3 Å². The third-order valence-electron chi connectivity index (χ3n) is 1.27. The zero-order valence-corrected chi connectivity index (χ0v) is 6.07. The summed E-state index contributed by atoms with van der Waals surface area (Å²) in [5.74, 6) is -0.527. The van der Waals surface area contributed by atoms with Crippen LogP contribution in [0.25, 0.3) is 0 Å². The Balaban J connectivity index is 3.05. The second-order valence-electron chi connectivity index (χ2n) is 2.23. The van der Waals surface area contributed by atoms with Crippen LogP contribution < -0.4 is 0 Å². The molecule has 0 fully saturated rings. The number of carbonyl (C=O) groups excluding carboxylic acids is 2. The van der Waals surface area contributed by atoms with Gasteiger partial charge in [0.05, 0.1) is 0 Å². The lowest BCUT2D eigenvalue weighted by molar-refractivity contribution is -0.104. The minimum atomic E-state index is -0.527.